The maximum atomic E-state index is 12.1. The molecule has 2 amide bonds. The molecule has 0 saturated heterocycles. The van der Waals surface area contributed by atoms with Gasteiger partial charge in [-0.1, -0.05) is 29.8 Å². The van der Waals surface area contributed by atoms with Gasteiger partial charge in [-0.3, -0.25) is 9.59 Å². The fraction of sp³-hybridized carbons (Fsp3) is 0.222. The molecule has 0 radical (unpaired) electrons. The Morgan fingerprint density at radius 1 is 1.12 bits per heavy atom. The van der Waals surface area contributed by atoms with Gasteiger partial charge < -0.3 is 15.7 Å². The van der Waals surface area contributed by atoms with Crippen molar-refractivity contribution >= 4 is 34.8 Å². The number of hydrogen-bond donors (Lipinski definition) is 3. The Hall–Kier alpha value is -2.37. The van der Waals surface area contributed by atoms with Gasteiger partial charge in [0, 0.05) is 23.3 Å². The number of carbonyl (C=O) groups excluding carboxylic acids is 2. The number of anilines is 2. The monoisotopic (exact) mass is 346 g/mol. The highest BCUT2D eigenvalue weighted by Crippen LogP contribution is 2.22. The molecule has 0 aliphatic rings. The molecule has 0 heterocycles. The fourth-order valence-corrected chi connectivity index (χ4v) is 2.34. The second-order valence-electron chi connectivity index (χ2n) is 5.53. The van der Waals surface area contributed by atoms with Crippen LogP contribution in [0.5, 0.6) is 0 Å². The third-order valence-electron chi connectivity index (χ3n) is 3.47. The second kappa shape index (κ2) is 7.95. The fourth-order valence-electron chi connectivity index (χ4n) is 2.21. The van der Waals surface area contributed by atoms with Crippen LogP contribution in [-0.2, 0) is 9.59 Å². The number of rotatable bonds is 5. The SMILES string of the molecule is CC(=O)Nc1cc(NC(=O)CC(O)c2ccc(Cl)cc2)ccc1C. The first-order valence-corrected chi connectivity index (χ1v) is 7.84. The van der Waals surface area contributed by atoms with Crippen molar-refractivity contribution in [3.63, 3.8) is 0 Å². The third kappa shape index (κ3) is 5.08. The normalized spacial score (nSPS) is 11.7. The number of carbonyl (C=O) groups is 2. The lowest BCUT2D eigenvalue weighted by Gasteiger charge is -2.13. The molecule has 0 spiro atoms. The van der Waals surface area contributed by atoms with E-state index in [1.807, 2.05) is 6.92 Å². The van der Waals surface area contributed by atoms with Crippen LogP contribution in [0.25, 0.3) is 0 Å². The first-order valence-electron chi connectivity index (χ1n) is 7.47. The second-order valence-corrected chi connectivity index (χ2v) is 5.97. The average molecular weight is 347 g/mol. The zero-order valence-electron chi connectivity index (χ0n) is 13.5. The first-order chi connectivity index (χ1) is 11.3. The Kier molecular flexibility index (Phi) is 5.95. The molecule has 3 N–H and O–H groups in total. The van der Waals surface area contributed by atoms with Crippen LogP contribution in [0, 0.1) is 6.92 Å². The molecule has 1 unspecified atom stereocenters. The van der Waals surface area contributed by atoms with Crippen LogP contribution in [0.2, 0.25) is 5.02 Å². The lowest BCUT2D eigenvalue weighted by molar-refractivity contribution is -0.118. The lowest BCUT2D eigenvalue weighted by Crippen LogP contribution is -2.16. The summed E-state index contributed by atoms with van der Waals surface area (Å²) in [6.07, 6.45) is -0.993. The van der Waals surface area contributed by atoms with Gasteiger partial charge in [-0.05, 0) is 42.3 Å². The van der Waals surface area contributed by atoms with Crippen LogP contribution in [0.1, 0.15) is 30.6 Å². The van der Waals surface area contributed by atoms with Gasteiger partial charge in [0.05, 0.1) is 12.5 Å². The van der Waals surface area contributed by atoms with Gasteiger partial charge in [0.15, 0.2) is 0 Å². The molecule has 0 saturated carbocycles. The van der Waals surface area contributed by atoms with Gasteiger partial charge in [-0.2, -0.15) is 0 Å². The van der Waals surface area contributed by atoms with E-state index < -0.39 is 6.10 Å². The van der Waals surface area contributed by atoms with Gasteiger partial charge >= 0.3 is 0 Å². The van der Waals surface area contributed by atoms with E-state index >= 15 is 0 Å². The molecule has 0 fully saturated rings. The van der Waals surface area contributed by atoms with Gasteiger partial charge in [-0.15, -0.1) is 0 Å². The summed E-state index contributed by atoms with van der Waals surface area (Å²) < 4.78 is 0. The summed E-state index contributed by atoms with van der Waals surface area (Å²) in [5, 5.41) is 16.1. The summed E-state index contributed by atoms with van der Waals surface area (Å²) in [5.41, 5.74) is 2.71. The minimum absolute atomic E-state index is 0.0784. The maximum absolute atomic E-state index is 12.1. The van der Waals surface area contributed by atoms with E-state index in [9.17, 15) is 14.7 Å². The predicted octanol–water partition coefficient (Wildman–Crippen LogP) is 3.67. The molecule has 0 aliphatic carbocycles. The molecule has 0 aromatic heterocycles. The van der Waals surface area contributed by atoms with E-state index in [1.165, 1.54) is 6.92 Å². The molecule has 0 aliphatic heterocycles. The van der Waals surface area contributed by atoms with E-state index in [4.69, 9.17) is 11.6 Å². The maximum Gasteiger partial charge on any atom is 0.227 e. The number of aliphatic hydroxyl groups excluding tert-OH is 1. The third-order valence-corrected chi connectivity index (χ3v) is 3.72. The lowest BCUT2D eigenvalue weighted by atomic mass is 10.1. The Balaban J connectivity index is 2.01. The van der Waals surface area contributed by atoms with Crippen molar-refractivity contribution in [2.45, 2.75) is 26.4 Å². The number of halogens is 1. The molecule has 24 heavy (non-hydrogen) atoms. The van der Waals surface area contributed by atoms with Crippen LogP contribution in [-0.4, -0.2) is 16.9 Å². The minimum atomic E-state index is -0.914. The highest BCUT2D eigenvalue weighted by Gasteiger charge is 2.13. The zero-order valence-corrected chi connectivity index (χ0v) is 14.2. The van der Waals surface area contributed by atoms with Gasteiger partial charge in [-0.25, -0.2) is 0 Å². The minimum Gasteiger partial charge on any atom is -0.388 e. The molecule has 2 aromatic carbocycles. The van der Waals surface area contributed by atoms with Crippen LogP contribution in [0.15, 0.2) is 42.5 Å². The Bertz CT molecular complexity index is 744. The van der Waals surface area contributed by atoms with Gasteiger partial charge in [0.25, 0.3) is 0 Å². The van der Waals surface area contributed by atoms with Crippen molar-refractivity contribution < 1.29 is 14.7 Å². The largest absolute Gasteiger partial charge is 0.388 e. The number of nitrogens with one attached hydrogen (secondary N) is 2. The van der Waals surface area contributed by atoms with E-state index in [2.05, 4.69) is 10.6 Å². The standard InChI is InChI=1S/C18H19ClN2O3/c1-11-3-8-15(9-16(11)20-12(2)22)21-18(24)10-17(23)13-4-6-14(19)7-5-13/h3-9,17,23H,10H2,1-2H3,(H,20,22)(H,21,24). The van der Waals surface area contributed by atoms with E-state index in [0.29, 0.717) is 22.0 Å². The molecule has 2 aromatic rings. The number of benzene rings is 2. The smallest absolute Gasteiger partial charge is 0.227 e. The summed E-state index contributed by atoms with van der Waals surface area (Å²) in [6, 6.07) is 11.9. The molecular formula is C18H19ClN2O3. The quantitative estimate of drug-likeness (QED) is 0.773. The Morgan fingerprint density at radius 3 is 2.42 bits per heavy atom. The van der Waals surface area contributed by atoms with Crippen molar-refractivity contribution in [1.82, 2.24) is 0 Å². The summed E-state index contributed by atoms with van der Waals surface area (Å²) in [4.78, 5) is 23.3. The first kappa shape index (κ1) is 18.0. The molecule has 6 heteroatoms. The van der Waals surface area contributed by atoms with Crippen LogP contribution >= 0.6 is 11.6 Å². The molecular weight excluding hydrogens is 328 g/mol. The Morgan fingerprint density at radius 2 is 1.79 bits per heavy atom. The van der Waals surface area contributed by atoms with Crippen molar-refractivity contribution in [3.8, 4) is 0 Å². The predicted molar refractivity (Wildman–Crippen MR) is 95.1 cm³/mol. The molecule has 5 nitrogen and oxygen atoms in total. The summed E-state index contributed by atoms with van der Waals surface area (Å²) in [6.45, 7) is 3.29. The molecule has 1 atom stereocenters. The van der Waals surface area contributed by atoms with Crippen LogP contribution < -0.4 is 10.6 Å². The van der Waals surface area contributed by atoms with Crippen LogP contribution in [0.4, 0.5) is 11.4 Å². The summed E-state index contributed by atoms with van der Waals surface area (Å²) in [7, 11) is 0. The number of aliphatic hydroxyl groups is 1. The van der Waals surface area contributed by atoms with E-state index in [1.54, 1.807) is 42.5 Å². The molecule has 0 bridgehead atoms. The zero-order chi connectivity index (χ0) is 17.7. The topological polar surface area (TPSA) is 78.4 Å². The van der Waals surface area contributed by atoms with Crippen molar-refractivity contribution in [2.75, 3.05) is 10.6 Å². The number of aryl methyl sites for hydroxylation is 1. The molecule has 2 rings (SSSR count). The molecule has 126 valence electrons. The van der Waals surface area contributed by atoms with E-state index in [-0.39, 0.29) is 18.2 Å². The number of hydrogen-bond acceptors (Lipinski definition) is 3. The number of amides is 2. The van der Waals surface area contributed by atoms with Gasteiger partial charge in [0.2, 0.25) is 11.8 Å². The highest BCUT2D eigenvalue weighted by molar-refractivity contribution is 6.30. The van der Waals surface area contributed by atoms with E-state index in [0.717, 1.165) is 5.56 Å². The van der Waals surface area contributed by atoms with Gasteiger partial charge in [0.1, 0.15) is 0 Å². The average Bonchev–Trinajstić information content (AvgIpc) is 2.50. The highest BCUT2D eigenvalue weighted by atomic mass is 35.5. The summed E-state index contributed by atoms with van der Waals surface area (Å²) >= 11 is 5.80. The Labute approximate surface area is 145 Å². The van der Waals surface area contributed by atoms with Crippen molar-refractivity contribution in [3.05, 3.63) is 58.6 Å². The van der Waals surface area contributed by atoms with Crippen molar-refractivity contribution in [2.24, 2.45) is 0 Å². The van der Waals surface area contributed by atoms with Crippen LogP contribution in [0.3, 0.4) is 0 Å². The summed E-state index contributed by atoms with van der Waals surface area (Å²) in [5.74, 6) is -0.505. The van der Waals surface area contributed by atoms with Crippen molar-refractivity contribution in [1.29, 1.82) is 0 Å².